The molecule has 19 heavy (non-hydrogen) atoms. The molecule has 2 aromatic carbocycles. The third-order valence-corrected chi connectivity index (χ3v) is 4.20. The van der Waals surface area contributed by atoms with E-state index in [2.05, 4.69) is 18.2 Å². The van der Waals surface area contributed by atoms with Gasteiger partial charge in [0.1, 0.15) is 11.9 Å². The van der Waals surface area contributed by atoms with Gasteiger partial charge in [0.05, 0.1) is 11.5 Å². The fourth-order valence-electron chi connectivity index (χ4n) is 3.20. The monoisotopic (exact) mass is 250 g/mol. The molecule has 0 saturated carbocycles. The van der Waals surface area contributed by atoms with E-state index in [4.69, 9.17) is 4.74 Å². The van der Waals surface area contributed by atoms with Gasteiger partial charge in [0.2, 0.25) is 0 Å². The summed E-state index contributed by atoms with van der Waals surface area (Å²) >= 11 is 0. The van der Waals surface area contributed by atoms with Gasteiger partial charge >= 0.3 is 0 Å². The van der Waals surface area contributed by atoms with Crippen molar-refractivity contribution >= 4 is 5.78 Å². The number of ketones is 1. The van der Waals surface area contributed by atoms with Gasteiger partial charge in [-0.2, -0.15) is 0 Å². The molecule has 1 aliphatic heterocycles. The summed E-state index contributed by atoms with van der Waals surface area (Å²) in [4.78, 5) is 12.6. The molecule has 0 saturated heterocycles. The van der Waals surface area contributed by atoms with Crippen molar-refractivity contribution in [1.29, 1.82) is 0 Å². The number of carbonyl (C=O) groups is 1. The van der Waals surface area contributed by atoms with Crippen molar-refractivity contribution in [2.45, 2.75) is 18.9 Å². The Balaban J connectivity index is 1.77. The van der Waals surface area contributed by atoms with Crippen LogP contribution in [0.15, 0.2) is 48.5 Å². The van der Waals surface area contributed by atoms with Gasteiger partial charge in [0.15, 0.2) is 5.78 Å². The van der Waals surface area contributed by atoms with E-state index in [9.17, 15) is 4.79 Å². The Bertz CT molecular complexity index is 660. The van der Waals surface area contributed by atoms with Crippen LogP contribution in [0, 0.1) is 5.92 Å². The fourth-order valence-corrected chi connectivity index (χ4v) is 3.20. The van der Waals surface area contributed by atoms with E-state index in [1.54, 1.807) is 0 Å². The third-order valence-electron chi connectivity index (χ3n) is 4.20. The summed E-state index contributed by atoms with van der Waals surface area (Å²) in [6.45, 7) is 0. The molecule has 0 unspecified atom stereocenters. The summed E-state index contributed by atoms with van der Waals surface area (Å²) in [5.41, 5.74) is 3.35. The van der Waals surface area contributed by atoms with Gasteiger partial charge in [-0.15, -0.1) is 0 Å². The summed E-state index contributed by atoms with van der Waals surface area (Å²) in [6, 6.07) is 15.9. The largest absolute Gasteiger partial charge is 0.489 e. The summed E-state index contributed by atoms with van der Waals surface area (Å²) in [5, 5.41) is 0. The van der Waals surface area contributed by atoms with E-state index in [1.807, 2.05) is 30.3 Å². The topological polar surface area (TPSA) is 26.3 Å². The van der Waals surface area contributed by atoms with E-state index in [1.165, 1.54) is 11.1 Å². The maximum Gasteiger partial charge on any atom is 0.173 e. The second-order valence-electron chi connectivity index (χ2n) is 5.30. The van der Waals surface area contributed by atoms with Gasteiger partial charge in [-0.3, -0.25) is 4.79 Å². The first kappa shape index (κ1) is 10.8. The quantitative estimate of drug-likeness (QED) is 0.718. The molecule has 2 aromatic rings. The van der Waals surface area contributed by atoms with Gasteiger partial charge in [-0.25, -0.2) is 0 Å². The second kappa shape index (κ2) is 3.95. The van der Waals surface area contributed by atoms with Gasteiger partial charge in [-0.05, 0) is 29.7 Å². The SMILES string of the molecule is O=C1c2ccccc2O[C@@H]2Cc3ccccc3C[C@H]12. The average molecular weight is 250 g/mol. The molecule has 2 heteroatoms. The van der Waals surface area contributed by atoms with Crippen LogP contribution in [0.1, 0.15) is 21.5 Å². The van der Waals surface area contributed by atoms with E-state index in [-0.39, 0.29) is 17.8 Å². The molecule has 0 aromatic heterocycles. The molecule has 0 spiro atoms. The van der Waals surface area contributed by atoms with Crippen molar-refractivity contribution in [3.05, 3.63) is 65.2 Å². The van der Waals surface area contributed by atoms with Crippen LogP contribution in [0.4, 0.5) is 0 Å². The van der Waals surface area contributed by atoms with E-state index in [0.717, 1.165) is 24.2 Å². The van der Waals surface area contributed by atoms with Crippen LogP contribution in [0.2, 0.25) is 0 Å². The van der Waals surface area contributed by atoms with Crippen LogP contribution in [0.25, 0.3) is 0 Å². The molecular formula is C17H14O2. The van der Waals surface area contributed by atoms with Crippen LogP contribution < -0.4 is 4.74 Å². The Morgan fingerprint density at radius 1 is 0.895 bits per heavy atom. The smallest absolute Gasteiger partial charge is 0.173 e. The fraction of sp³-hybridized carbons (Fsp3) is 0.235. The number of Topliss-reactive ketones (excluding diaryl/α,β-unsaturated/α-hetero) is 1. The van der Waals surface area contributed by atoms with Gasteiger partial charge in [0, 0.05) is 6.42 Å². The normalized spacial score (nSPS) is 23.9. The summed E-state index contributed by atoms with van der Waals surface area (Å²) in [7, 11) is 0. The van der Waals surface area contributed by atoms with Gasteiger partial charge < -0.3 is 4.74 Å². The number of rotatable bonds is 0. The van der Waals surface area contributed by atoms with E-state index < -0.39 is 0 Å². The molecule has 0 amide bonds. The maximum absolute atomic E-state index is 12.6. The molecule has 2 aliphatic rings. The third kappa shape index (κ3) is 1.60. The molecule has 0 N–H and O–H groups in total. The highest BCUT2D eigenvalue weighted by Gasteiger charge is 2.40. The average Bonchev–Trinajstić information content (AvgIpc) is 2.46. The predicted octanol–water partition coefficient (Wildman–Crippen LogP) is 3.05. The Kier molecular flexibility index (Phi) is 2.25. The van der Waals surface area contributed by atoms with Gasteiger partial charge in [0.25, 0.3) is 0 Å². The van der Waals surface area contributed by atoms with Crippen molar-refractivity contribution in [2.24, 2.45) is 5.92 Å². The minimum Gasteiger partial charge on any atom is -0.489 e. The molecule has 0 fully saturated rings. The summed E-state index contributed by atoms with van der Waals surface area (Å²) in [5.74, 6) is 0.958. The van der Waals surface area contributed by atoms with Crippen LogP contribution in [-0.2, 0) is 12.8 Å². The minimum atomic E-state index is -0.0233. The zero-order valence-electron chi connectivity index (χ0n) is 10.5. The molecule has 2 nitrogen and oxygen atoms in total. The zero-order chi connectivity index (χ0) is 12.8. The first-order valence-electron chi connectivity index (χ1n) is 6.69. The predicted molar refractivity (Wildman–Crippen MR) is 72.5 cm³/mol. The lowest BCUT2D eigenvalue weighted by molar-refractivity contribution is 0.0634. The van der Waals surface area contributed by atoms with Gasteiger partial charge in [-0.1, -0.05) is 36.4 Å². The molecule has 0 bridgehead atoms. The number of hydrogen-bond donors (Lipinski definition) is 0. The maximum atomic E-state index is 12.6. The highest BCUT2D eigenvalue weighted by atomic mass is 16.5. The molecule has 1 heterocycles. The summed E-state index contributed by atoms with van der Waals surface area (Å²) in [6.07, 6.45) is 1.63. The number of hydrogen-bond acceptors (Lipinski definition) is 2. The molecule has 2 atom stereocenters. The number of carbonyl (C=O) groups excluding carboxylic acids is 1. The minimum absolute atomic E-state index is 0.00250. The number of ether oxygens (including phenoxy) is 1. The molecule has 94 valence electrons. The van der Waals surface area contributed by atoms with Crippen molar-refractivity contribution in [3.63, 3.8) is 0 Å². The van der Waals surface area contributed by atoms with Crippen molar-refractivity contribution < 1.29 is 9.53 Å². The van der Waals surface area contributed by atoms with Crippen molar-refractivity contribution in [3.8, 4) is 5.75 Å². The zero-order valence-corrected chi connectivity index (χ0v) is 10.5. The molecular weight excluding hydrogens is 236 g/mol. The highest BCUT2D eigenvalue weighted by molar-refractivity contribution is 6.02. The standard InChI is InChI=1S/C17H14O2/c18-17-13-7-3-4-8-15(13)19-16-10-12-6-2-1-5-11(12)9-14(16)17/h1-8,14,16H,9-10H2/t14-,16+/m0/s1. The van der Waals surface area contributed by atoms with Crippen LogP contribution in [0.5, 0.6) is 5.75 Å². The first-order valence-corrected chi connectivity index (χ1v) is 6.69. The number of para-hydroxylation sites is 1. The number of benzene rings is 2. The number of fused-ring (bicyclic) bond motifs is 3. The lowest BCUT2D eigenvalue weighted by Gasteiger charge is -2.36. The Labute approximate surface area is 112 Å². The van der Waals surface area contributed by atoms with Crippen molar-refractivity contribution in [2.75, 3.05) is 0 Å². The Morgan fingerprint density at radius 2 is 1.58 bits per heavy atom. The van der Waals surface area contributed by atoms with Crippen molar-refractivity contribution in [1.82, 2.24) is 0 Å². The Hall–Kier alpha value is -2.09. The molecule has 4 rings (SSSR count). The lowest BCUT2D eigenvalue weighted by Crippen LogP contribution is -2.43. The molecule has 0 radical (unpaired) electrons. The molecule has 1 aliphatic carbocycles. The summed E-state index contributed by atoms with van der Waals surface area (Å²) < 4.78 is 6.04. The first-order chi connectivity index (χ1) is 9.33. The lowest BCUT2D eigenvalue weighted by atomic mass is 9.76. The van der Waals surface area contributed by atoms with Crippen LogP contribution >= 0.6 is 0 Å². The second-order valence-corrected chi connectivity index (χ2v) is 5.30. The van der Waals surface area contributed by atoms with E-state index in [0.29, 0.717) is 0 Å². The van der Waals surface area contributed by atoms with E-state index >= 15 is 0 Å². The van der Waals surface area contributed by atoms with Crippen LogP contribution in [-0.4, -0.2) is 11.9 Å². The highest BCUT2D eigenvalue weighted by Crippen LogP contribution is 2.37. The Morgan fingerprint density at radius 3 is 2.42 bits per heavy atom. The van der Waals surface area contributed by atoms with Crippen LogP contribution in [0.3, 0.4) is 0 Å².